The number of benzene rings is 1. The SMILES string of the molecule is COc1cc(N2CCN(C)CC2)c(C=CCN)cc1Nc1ncc(C#N)c(-c2cnn3ccccc23)n1. The van der Waals surface area contributed by atoms with Crippen LogP contribution in [0.15, 0.2) is 55.0 Å². The Labute approximate surface area is 215 Å². The van der Waals surface area contributed by atoms with E-state index in [0.29, 0.717) is 35.2 Å². The molecular weight excluding hydrogens is 466 g/mol. The van der Waals surface area contributed by atoms with Crippen LogP contribution in [0.3, 0.4) is 0 Å². The first-order valence-electron chi connectivity index (χ1n) is 12.1. The molecule has 3 N–H and O–H groups in total. The van der Waals surface area contributed by atoms with Gasteiger partial charge >= 0.3 is 0 Å². The van der Waals surface area contributed by atoms with Crippen LogP contribution in [0.4, 0.5) is 17.3 Å². The van der Waals surface area contributed by atoms with Crippen LogP contribution in [0.5, 0.6) is 5.75 Å². The summed E-state index contributed by atoms with van der Waals surface area (Å²) in [5.41, 5.74) is 11.1. The summed E-state index contributed by atoms with van der Waals surface area (Å²) in [6.07, 6.45) is 9.06. The molecule has 4 heterocycles. The predicted molar refractivity (Wildman–Crippen MR) is 145 cm³/mol. The van der Waals surface area contributed by atoms with E-state index in [9.17, 15) is 5.26 Å². The minimum Gasteiger partial charge on any atom is -0.494 e. The number of hydrogen-bond donors (Lipinski definition) is 2. The molecule has 0 saturated carbocycles. The number of anilines is 3. The number of hydrogen-bond acceptors (Lipinski definition) is 9. The van der Waals surface area contributed by atoms with Crippen molar-refractivity contribution in [2.24, 2.45) is 5.73 Å². The monoisotopic (exact) mass is 495 g/mol. The highest BCUT2D eigenvalue weighted by Crippen LogP contribution is 2.36. The van der Waals surface area contributed by atoms with Crippen LogP contribution in [0.25, 0.3) is 22.9 Å². The third-order valence-electron chi connectivity index (χ3n) is 6.46. The second kappa shape index (κ2) is 10.7. The summed E-state index contributed by atoms with van der Waals surface area (Å²) in [5, 5.41) is 17.4. The van der Waals surface area contributed by atoms with Crippen molar-refractivity contribution in [3.63, 3.8) is 0 Å². The number of likely N-dealkylation sites (N-methyl/N-ethyl adjacent to an activating group) is 1. The number of aromatic nitrogens is 4. The highest BCUT2D eigenvalue weighted by Gasteiger charge is 2.20. The molecule has 0 radical (unpaired) electrons. The van der Waals surface area contributed by atoms with Crippen molar-refractivity contribution in [1.82, 2.24) is 24.5 Å². The summed E-state index contributed by atoms with van der Waals surface area (Å²) < 4.78 is 7.52. The number of piperazine rings is 1. The summed E-state index contributed by atoms with van der Waals surface area (Å²) in [6, 6.07) is 12.0. The van der Waals surface area contributed by atoms with Crippen molar-refractivity contribution in [2.45, 2.75) is 0 Å². The lowest BCUT2D eigenvalue weighted by molar-refractivity contribution is 0.312. The zero-order valence-electron chi connectivity index (χ0n) is 20.9. The molecule has 1 saturated heterocycles. The number of nitrogens with two attached hydrogens (primary N) is 1. The molecule has 0 amide bonds. The maximum absolute atomic E-state index is 9.72. The molecule has 0 atom stereocenters. The van der Waals surface area contributed by atoms with Crippen molar-refractivity contribution in [3.8, 4) is 23.1 Å². The second-order valence-electron chi connectivity index (χ2n) is 8.82. The molecule has 0 bridgehead atoms. The van der Waals surface area contributed by atoms with E-state index in [1.54, 1.807) is 17.8 Å². The summed E-state index contributed by atoms with van der Waals surface area (Å²) in [5.74, 6) is 1.02. The third kappa shape index (κ3) is 4.95. The molecule has 0 unspecified atom stereocenters. The Balaban J connectivity index is 1.54. The molecule has 0 aliphatic carbocycles. The van der Waals surface area contributed by atoms with E-state index >= 15 is 0 Å². The molecule has 1 fully saturated rings. The first kappa shape index (κ1) is 24.2. The van der Waals surface area contributed by atoms with E-state index in [1.807, 2.05) is 48.7 Å². The Morgan fingerprint density at radius 2 is 2.03 bits per heavy atom. The molecule has 37 heavy (non-hydrogen) atoms. The maximum Gasteiger partial charge on any atom is 0.227 e. The number of nitrogens with one attached hydrogen (secondary N) is 1. The molecule has 1 aliphatic rings. The van der Waals surface area contributed by atoms with Crippen LogP contribution in [0, 0.1) is 11.3 Å². The minimum absolute atomic E-state index is 0.351. The van der Waals surface area contributed by atoms with Crippen molar-refractivity contribution in [1.29, 1.82) is 5.26 Å². The normalized spacial score (nSPS) is 14.3. The van der Waals surface area contributed by atoms with Gasteiger partial charge in [-0.05, 0) is 30.8 Å². The van der Waals surface area contributed by atoms with Gasteiger partial charge in [-0.2, -0.15) is 10.4 Å². The van der Waals surface area contributed by atoms with Gasteiger partial charge in [0.2, 0.25) is 5.95 Å². The lowest BCUT2D eigenvalue weighted by Gasteiger charge is -2.35. The molecule has 0 spiro atoms. The molecule has 1 aliphatic heterocycles. The fraction of sp³-hybridized carbons (Fsp3) is 0.259. The highest BCUT2D eigenvalue weighted by molar-refractivity contribution is 5.82. The van der Waals surface area contributed by atoms with Gasteiger partial charge in [0.15, 0.2) is 0 Å². The van der Waals surface area contributed by atoms with Crippen LogP contribution in [-0.2, 0) is 0 Å². The lowest BCUT2D eigenvalue weighted by Crippen LogP contribution is -2.44. The van der Waals surface area contributed by atoms with Gasteiger partial charge in [-0.1, -0.05) is 18.2 Å². The number of fused-ring (bicyclic) bond motifs is 1. The van der Waals surface area contributed by atoms with Crippen LogP contribution < -0.4 is 20.7 Å². The second-order valence-corrected chi connectivity index (χ2v) is 8.82. The Kier molecular flexibility index (Phi) is 6.98. The molecule has 188 valence electrons. The quantitative estimate of drug-likeness (QED) is 0.398. The van der Waals surface area contributed by atoms with Gasteiger partial charge < -0.3 is 25.6 Å². The Hall–Kier alpha value is -4.46. The lowest BCUT2D eigenvalue weighted by atomic mass is 10.1. The molecule has 4 aromatic rings. The van der Waals surface area contributed by atoms with Gasteiger partial charge in [0.25, 0.3) is 0 Å². The third-order valence-corrected chi connectivity index (χ3v) is 6.46. The van der Waals surface area contributed by atoms with Crippen molar-refractivity contribution < 1.29 is 4.74 Å². The van der Waals surface area contributed by atoms with Crippen LogP contribution in [0.2, 0.25) is 0 Å². The van der Waals surface area contributed by atoms with E-state index in [1.165, 1.54) is 6.20 Å². The van der Waals surface area contributed by atoms with E-state index in [4.69, 9.17) is 15.5 Å². The molecule has 10 heteroatoms. The summed E-state index contributed by atoms with van der Waals surface area (Å²) >= 11 is 0. The van der Waals surface area contributed by atoms with Gasteiger partial charge in [0, 0.05) is 56.2 Å². The fourth-order valence-electron chi connectivity index (χ4n) is 4.47. The Morgan fingerprint density at radius 3 is 2.78 bits per heavy atom. The average molecular weight is 496 g/mol. The standard InChI is InChI=1S/C27H29N9O/c1-34-10-12-35(13-11-34)24-15-25(37-2)22(14-19(24)6-5-8-28)32-27-30-17-20(16-29)26(33-27)21-18-31-36-9-4-3-7-23(21)36/h3-7,9,14-15,17-18H,8,10-13,28H2,1-2H3,(H,30,32,33). The van der Waals surface area contributed by atoms with E-state index in [-0.39, 0.29) is 0 Å². The van der Waals surface area contributed by atoms with Crippen molar-refractivity contribution in [2.75, 3.05) is 57.1 Å². The summed E-state index contributed by atoms with van der Waals surface area (Å²) in [4.78, 5) is 13.8. The average Bonchev–Trinajstić information content (AvgIpc) is 3.36. The Bertz CT molecular complexity index is 1480. The maximum atomic E-state index is 9.72. The predicted octanol–water partition coefficient (Wildman–Crippen LogP) is 3.14. The number of pyridine rings is 1. The number of nitriles is 1. The summed E-state index contributed by atoms with van der Waals surface area (Å²) in [6.45, 7) is 4.29. The van der Waals surface area contributed by atoms with Gasteiger partial charge in [-0.25, -0.2) is 14.5 Å². The fourth-order valence-corrected chi connectivity index (χ4v) is 4.47. The number of nitrogens with zero attached hydrogens (tertiary/aromatic N) is 7. The largest absolute Gasteiger partial charge is 0.494 e. The van der Waals surface area contributed by atoms with Crippen LogP contribution in [-0.4, -0.2) is 71.4 Å². The molecule has 10 nitrogen and oxygen atoms in total. The summed E-state index contributed by atoms with van der Waals surface area (Å²) in [7, 11) is 3.78. The van der Waals surface area contributed by atoms with Crippen LogP contribution in [0.1, 0.15) is 11.1 Å². The Morgan fingerprint density at radius 1 is 1.19 bits per heavy atom. The minimum atomic E-state index is 0.351. The first-order chi connectivity index (χ1) is 18.1. The van der Waals surface area contributed by atoms with Gasteiger partial charge in [-0.15, -0.1) is 0 Å². The zero-order chi connectivity index (χ0) is 25.8. The molecular formula is C27H29N9O. The first-order valence-corrected chi connectivity index (χ1v) is 12.1. The number of ether oxygens (including phenoxy) is 1. The zero-order valence-corrected chi connectivity index (χ0v) is 20.9. The van der Waals surface area contributed by atoms with Crippen molar-refractivity contribution >= 4 is 28.9 Å². The van der Waals surface area contributed by atoms with E-state index < -0.39 is 0 Å². The molecule has 5 rings (SSSR count). The number of rotatable bonds is 7. The number of methoxy groups -OCH3 is 1. The van der Waals surface area contributed by atoms with Gasteiger partial charge in [0.1, 0.15) is 11.8 Å². The molecule has 1 aromatic carbocycles. The molecule has 3 aromatic heterocycles. The van der Waals surface area contributed by atoms with E-state index in [0.717, 1.165) is 48.5 Å². The topological polar surface area (TPSA) is 121 Å². The van der Waals surface area contributed by atoms with Crippen molar-refractivity contribution in [3.05, 3.63) is 66.1 Å². The smallest absolute Gasteiger partial charge is 0.227 e. The van der Waals surface area contributed by atoms with Crippen LogP contribution >= 0.6 is 0 Å². The van der Waals surface area contributed by atoms with Gasteiger partial charge in [-0.3, -0.25) is 0 Å². The highest BCUT2D eigenvalue weighted by atomic mass is 16.5. The van der Waals surface area contributed by atoms with Gasteiger partial charge in [0.05, 0.1) is 42.0 Å². The van der Waals surface area contributed by atoms with E-state index in [2.05, 4.69) is 38.3 Å².